The SMILES string of the molecule is CN(C)S(=O)(=O)c1cccc(Cn2nc3ccccn3c2=O)c1. The van der Waals surface area contributed by atoms with Crippen LogP contribution in [0.4, 0.5) is 0 Å². The summed E-state index contributed by atoms with van der Waals surface area (Å²) in [6.45, 7) is 0.206. The molecule has 0 aliphatic carbocycles. The molecule has 0 fully saturated rings. The van der Waals surface area contributed by atoms with Crippen molar-refractivity contribution in [1.82, 2.24) is 18.5 Å². The molecule has 0 atom stereocenters. The summed E-state index contributed by atoms with van der Waals surface area (Å²) in [4.78, 5) is 12.5. The highest BCUT2D eigenvalue weighted by molar-refractivity contribution is 7.89. The molecule has 1 aromatic carbocycles. The van der Waals surface area contributed by atoms with Crippen LogP contribution in [-0.4, -0.2) is 41.0 Å². The maximum atomic E-state index is 12.3. The lowest BCUT2D eigenvalue weighted by molar-refractivity contribution is 0.520. The molecule has 8 heteroatoms. The maximum Gasteiger partial charge on any atom is 0.350 e. The second-order valence-corrected chi connectivity index (χ2v) is 7.46. The lowest BCUT2D eigenvalue weighted by atomic mass is 10.2. The number of pyridine rings is 1. The second kappa shape index (κ2) is 5.64. The molecule has 0 radical (unpaired) electrons. The summed E-state index contributed by atoms with van der Waals surface area (Å²) in [6.07, 6.45) is 1.65. The Balaban J connectivity index is 2.00. The van der Waals surface area contributed by atoms with Gasteiger partial charge in [0.1, 0.15) is 0 Å². The van der Waals surface area contributed by atoms with Gasteiger partial charge in [-0.25, -0.2) is 22.2 Å². The first kappa shape index (κ1) is 15.4. The first-order chi connectivity index (χ1) is 10.9. The third kappa shape index (κ3) is 2.78. The molecule has 0 saturated carbocycles. The van der Waals surface area contributed by atoms with Crippen molar-refractivity contribution in [2.75, 3.05) is 14.1 Å². The van der Waals surface area contributed by atoms with Crippen molar-refractivity contribution in [3.05, 3.63) is 64.7 Å². The fourth-order valence-corrected chi connectivity index (χ4v) is 3.23. The summed E-state index contributed by atoms with van der Waals surface area (Å²) in [6, 6.07) is 11.8. The maximum absolute atomic E-state index is 12.3. The van der Waals surface area contributed by atoms with Gasteiger partial charge in [-0.1, -0.05) is 18.2 Å². The Labute approximate surface area is 133 Å². The average Bonchev–Trinajstić information content (AvgIpc) is 2.84. The zero-order chi connectivity index (χ0) is 16.6. The average molecular weight is 332 g/mol. The molecule has 3 aromatic rings. The van der Waals surface area contributed by atoms with E-state index in [2.05, 4.69) is 5.10 Å². The van der Waals surface area contributed by atoms with Crippen LogP contribution in [0.15, 0.2) is 58.4 Å². The van der Waals surface area contributed by atoms with Crippen LogP contribution in [0.5, 0.6) is 0 Å². The number of hydrogen-bond acceptors (Lipinski definition) is 4. The van der Waals surface area contributed by atoms with E-state index >= 15 is 0 Å². The predicted octanol–water partition coefficient (Wildman–Crippen LogP) is 0.795. The topological polar surface area (TPSA) is 76.7 Å². The van der Waals surface area contributed by atoms with Crippen LogP contribution in [0.2, 0.25) is 0 Å². The van der Waals surface area contributed by atoms with Crippen LogP contribution >= 0.6 is 0 Å². The van der Waals surface area contributed by atoms with Crippen LogP contribution < -0.4 is 5.69 Å². The number of benzene rings is 1. The molecule has 7 nitrogen and oxygen atoms in total. The fourth-order valence-electron chi connectivity index (χ4n) is 2.26. The van der Waals surface area contributed by atoms with Gasteiger partial charge in [-0.3, -0.25) is 4.40 Å². The first-order valence-corrected chi connectivity index (χ1v) is 8.39. The van der Waals surface area contributed by atoms with Gasteiger partial charge in [0.05, 0.1) is 11.4 Å². The number of aromatic nitrogens is 3. The summed E-state index contributed by atoms with van der Waals surface area (Å²) in [5.41, 5.74) is 0.981. The summed E-state index contributed by atoms with van der Waals surface area (Å²) >= 11 is 0. The van der Waals surface area contributed by atoms with Gasteiger partial charge in [0.25, 0.3) is 0 Å². The molecule has 0 aliphatic heterocycles. The molecule has 2 aromatic heterocycles. The standard InChI is InChI=1S/C15H16N4O3S/c1-17(2)23(21,22)13-7-5-6-12(10-13)11-19-15(20)18-9-4-3-8-14(18)16-19/h3-10H,11H2,1-2H3. The van der Waals surface area contributed by atoms with Gasteiger partial charge in [0.15, 0.2) is 5.65 Å². The Bertz CT molecular complexity index is 1020. The zero-order valence-electron chi connectivity index (χ0n) is 12.7. The minimum atomic E-state index is -3.51. The number of nitrogens with zero attached hydrogens (tertiary/aromatic N) is 4. The third-order valence-corrected chi connectivity index (χ3v) is 5.31. The molecule has 0 saturated heterocycles. The molecule has 0 bridgehead atoms. The van der Waals surface area contributed by atoms with Gasteiger partial charge in [-0.2, -0.15) is 0 Å². The van der Waals surface area contributed by atoms with Gasteiger partial charge in [0, 0.05) is 20.3 Å². The second-order valence-electron chi connectivity index (χ2n) is 5.30. The quantitative estimate of drug-likeness (QED) is 0.708. The van der Waals surface area contributed by atoms with Crippen LogP contribution in [0.1, 0.15) is 5.56 Å². The normalized spacial score (nSPS) is 12.1. The van der Waals surface area contributed by atoms with E-state index in [1.165, 1.54) is 29.2 Å². The van der Waals surface area contributed by atoms with E-state index in [-0.39, 0.29) is 17.1 Å². The molecule has 0 N–H and O–H groups in total. The van der Waals surface area contributed by atoms with E-state index in [0.29, 0.717) is 11.2 Å². The van der Waals surface area contributed by atoms with Gasteiger partial charge < -0.3 is 0 Å². The largest absolute Gasteiger partial charge is 0.350 e. The van der Waals surface area contributed by atoms with Crippen molar-refractivity contribution in [2.45, 2.75) is 11.4 Å². The van der Waals surface area contributed by atoms with Crippen molar-refractivity contribution in [1.29, 1.82) is 0 Å². The molecular formula is C15H16N4O3S. The third-order valence-electron chi connectivity index (χ3n) is 3.50. The van der Waals surface area contributed by atoms with Crippen molar-refractivity contribution in [3.63, 3.8) is 0 Å². The number of hydrogen-bond donors (Lipinski definition) is 0. The van der Waals surface area contributed by atoms with Gasteiger partial charge in [-0.15, -0.1) is 5.10 Å². The summed E-state index contributed by atoms with van der Waals surface area (Å²) in [5.74, 6) is 0. The fraction of sp³-hybridized carbons (Fsp3) is 0.200. The Hall–Kier alpha value is -2.45. The molecule has 2 heterocycles. The Kier molecular flexibility index (Phi) is 3.78. The highest BCUT2D eigenvalue weighted by Crippen LogP contribution is 2.15. The molecule has 0 amide bonds. The van der Waals surface area contributed by atoms with E-state index in [9.17, 15) is 13.2 Å². The van der Waals surface area contributed by atoms with Gasteiger partial charge in [0.2, 0.25) is 10.0 Å². The van der Waals surface area contributed by atoms with Gasteiger partial charge in [-0.05, 0) is 29.8 Å². The Morgan fingerprint density at radius 2 is 1.91 bits per heavy atom. The molecule has 23 heavy (non-hydrogen) atoms. The Morgan fingerprint density at radius 3 is 2.61 bits per heavy atom. The molecular weight excluding hydrogens is 316 g/mol. The summed E-state index contributed by atoms with van der Waals surface area (Å²) in [7, 11) is -0.545. The van der Waals surface area contributed by atoms with E-state index in [4.69, 9.17) is 0 Å². The monoisotopic (exact) mass is 332 g/mol. The number of fused-ring (bicyclic) bond motifs is 1. The predicted molar refractivity (Wildman–Crippen MR) is 85.9 cm³/mol. The highest BCUT2D eigenvalue weighted by atomic mass is 32.2. The first-order valence-electron chi connectivity index (χ1n) is 6.95. The van der Waals surface area contributed by atoms with Crippen molar-refractivity contribution >= 4 is 15.7 Å². The van der Waals surface area contributed by atoms with Crippen LogP contribution in [-0.2, 0) is 16.6 Å². The Morgan fingerprint density at radius 1 is 1.13 bits per heavy atom. The van der Waals surface area contributed by atoms with E-state index in [1.807, 2.05) is 0 Å². The van der Waals surface area contributed by atoms with Crippen LogP contribution in [0.3, 0.4) is 0 Å². The van der Waals surface area contributed by atoms with E-state index < -0.39 is 10.0 Å². The van der Waals surface area contributed by atoms with E-state index in [0.717, 1.165) is 4.31 Å². The number of sulfonamides is 1. The van der Waals surface area contributed by atoms with Crippen LogP contribution in [0.25, 0.3) is 5.65 Å². The summed E-state index contributed by atoms with van der Waals surface area (Å²) < 4.78 is 28.3. The lowest BCUT2D eigenvalue weighted by Crippen LogP contribution is -2.23. The van der Waals surface area contributed by atoms with Crippen molar-refractivity contribution in [2.24, 2.45) is 0 Å². The molecule has 0 spiro atoms. The number of rotatable bonds is 4. The van der Waals surface area contributed by atoms with E-state index in [1.54, 1.807) is 42.6 Å². The highest BCUT2D eigenvalue weighted by Gasteiger charge is 2.17. The van der Waals surface area contributed by atoms with Crippen molar-refractivity contribution < 1.29 is 8.42 Å². The van der Waals surface area contributed by atoms with Crippen molar-refractivity contribution in [3.8, 4) is 0 Å². The minimum absolute atomic E-state index is 0.191. The van der Waals surface area contributed by atoms with Crippen LogP contribution in [0, 0.1) is 0 Å². The minimum Gasteiger partial charge on any atom is -0.250 e. The summed E-state index contributed by atoms with van der Waals surface area (Å²) in [5, 5.41) is 4.24. The molecule has 0 unspecified atom stereocenters. The van der Waals surface area contributed by atoms with Gasteiger partial charge >= 0.3 is 5.69 Å². The molecule has 3 rings (SSSR count). The zero-order valence-corrected chi connectivity index (χ0v) is 13.6. The molecule has 120 valence electrons. The molecule has 0 aliphatic rings. The smallest absolute Gasteiger partial charge is 0.250 e. The lowest BCUT2D eigenvalue weighted by Gasteiger charge is -2.12.